The number of fused-ring (bicyclic) bond motifs is 4. The van der Waals surface area contributed by atoms with Crippen molar-refractivity contribution in [2.75, 3.05) is 0 Å². The predicted molar refractivity (Wildman–Crippen MR) is 110 cm³/mol. The molecule has 1 aliphatic carbocycles. The van der Waals surface area contributed by atoms with Crippen molar-refractivity contribution in [2.45, 2.75) is 56.1 Å². The van der Waals surface area contributed by atoms with E-state index in [0.29, 0.717) is 17.2 Å². The number of aryl methyl sites for hydroxylation is 1. The van der Waals surface area contributed by atoms with Crippen molar-refractivity contribution in [3.05, 3.63) is 59.7 Å². The van der Waals surface area contributed by atoms with E-state index in [-0.39, 0.29) is 12.1 Å². The van der Waals surface area contributed by atoms with Crippen LogP contribution in [0.5, 0.6) is 5.75 Å². The largest absolute Gasteiger partial charge is 0.541 e. The lowest BCUT2D eigenvalue weighted by atomic mass is 9.91. The summed E-state index contributed by atoms with van der Waals surface area (Å²) in [5, 5.41) is 0. The molecule has 0 radical (unpaired) electrons. The van der Waals surface area contributed by atoms with Gasteiger partial charge in [0.15, 0.2) is 0 Å². The van der Waals surface area contributed by atoms with Crippen molar-refractivity contribution in [2.24, 2.45) is 0 Å². The maximum atomic E-state index is 13.7. The maximum absolute atomic E-state index is 13.7. The highest BCUT2D eigenvalue weighted by Crippen LogP contribution is 2.49. The summed E-state index contributed by atoms with van der Waals surface area (Å²) in [7, 11) is -7.15. The Kier molecular flexibility index (Phi) is 4.37. The van der Waals surface area contributed by atoms with Gasteiger partial charge < -0.3 is 4.43 Å². The van der Waals surface area contributed by atoms with Gasteiger partial charge in [0.05, 0.1) is 4.90 Å². The van der Waals surface area contributed by atoms with Crippen LogP contribution in [0.1, 0.15) is 36.8 Å². The Bertz CT molecular complexity index is 1020. The molecule has 5 nitrogen and oxygen atoms in total. The van der Waals surface area contributed by atoms with Gasteiger partial charge in [-0.05, 0) is 38.0 Å². The van der Waals surface area contributed by atoms with Gasteiger partial charge in [0.2, 0.25) is 10.0 Å². The van der Waals surface area contributed by atoms with Gasteiger partial charge in [-0.1, -0.05) is 59.8 Å². The lowest BCUT2D eigenvalue weighted by Gasteiger charge is -2.39. The summed E-state index contributed by atoms with van der Waals surface area (Å²) < 4.78 is 37.6. The van der Waals surface area contributed by atoms with E-state index >= 15 is 0 Å². The topological polar surface area (TPSA) is 49.9 Å². The van der Waals surface area contributed by atoms with Gasteiger partial charge >= 0.3 is 7.95 Å². The Morgan fingerprint density at radius 2 is 1.71 bits per heavy atom. The van der Waals surface area contributed by atoms with Crippen molar-refractivity contribution in [3.8, 4) is 5.75 Å². The molecular formula is C20H23ClN2O3SSi. The molecule has 3 atom stereocenters. The summed E-state index contributed by atoms with van der Waals surface area (Å²) in [5.41, 5.74) is 2.10. The van der Waals surface area contributed by atoms with Gasteiger partial charge in [0.1, 0.15) is 5.75 Å². The Morgan fingerprint density at radius 1 is 1.04 bits per heavy atom. The summed E-state index contributed by atoms with van der Waals surface area (Å²) in [4.78, 5) is 0.291. The Hall–Kier alpha value is -1.38. The summed E-state index contributed by atoms with van der Waals surface area (Å²) in [6.07, 6.45) is 3.90. The molecule has 5 rings (SSSR count). The van der Waals surface area contributed by atoms with Crippen LogP contribution in [0.2, 0.25) is 0 Å². The first-order valence-electron chi connectivity index (χ1n) is 9.75. The molecule has 0 bridgehead atoms. The first kappa shape index (κ1) is 18.6. The van der Waals surface area contributed by atoms with E-state index in [2.05, 4.69) is 4.57 Å². The van der Waals surface area contributed by atoms with Gasteiger partial charge in [-0.2, -0.15) is 3.97 Å². The smallest absolute Gasteiger partial charge is 0.506 e. The second-order valence-electron chi connectivity index (χ2n) is 7.90. The highest BCUT2D eigenvalue weighted by atomic mass is 35.6. The highest BCUT2D eigenvalue weighted by Gasteiger charge is 2.69. The first-order valence-corrected chi connectivity index (χ1v) is 14.0. The third kappa shape index (κ3) is 2.68. The van der Waals surface area contributed by atoms with Gasteiger partial charge in [-0.15, -0.1) is 0 Å². The number of halogens is 1. The zero-order valence-electron chi connectivity index (χ0n) is 15.7. The molecule has 8 heteroatoms. The molecule has 0 aromatic heterocycles. The molecule has 2 aromatic carbocycles. The van der Waals surface area contributed by atoms with Crippen LogP contribution >= 0.6 is 11.1 Å². The highest BCUT2D eigenvalue weighted by molar-refractivity contribution is 7.91. The summed E-state index contributed by atoms with van der Waals surface area (Å²) in [5.74, 6) is 0.711. The van der Waals surface area contributed by atoms with E-state index in [0.717, 1.165) is 36.8 Å². The van der Waals surface area contributed by atoms with Gasteiger partial charge in [0.25, 0.3) is 0 Å². The molecule has 1 saturated heterocycles. The molecule has 0 N–H and O–H groups in total. The molecule has 2 heterocycles. The number of para-hydroxylation sites is 1. The Labute approximate surface area is 171 Å². The van der Waals surface area contributed by atoms with E-state index in [1.807, 2.05) is 43.3 Å². The lowest BCUT2D eigenvalue weighted by Crippen LogP contribution is -2.63. The number of nitrogens with zero attached hydrogens (tertiary/aromatic N) is 2. The van der Waals surface area contributed by atoms with Crippen LogP contribution in [-0.2, 0) is 16.6 Å². The molecular weight excluding hydrogens is 412 g/mol. The third-order valence-electron chi connectivity index (χ3n) is 6.15. The number of sulfonamides is 1. The number of benzene rings is 2. The summed E-state index contributed by atoms with van der Waals surface area (Å²) in [6, 6.07) is 14.8. The number of hydrogen-bond donors (Lipinski definition) is 0. The van der Waals surface area contributed by atoms with Gasteiger partial charge in [-0.3, -0.25) is 4.57 Å². The molecule has 2 aromatic rings. The molecule has 28 heavy (non-hydrogen) atoms. The second-order valence-corrected chi connectivity index (χ2v) is 13.8. The van der Waals surface area contributed by atoms with E-state index in [1.165, 1.54) is 0 Å². The standard InChI is InChI=1S/C20H23ClN2O3SSi/c1-15-10-12-17(13-11-15)27(24,25)23-19-8-4-3-7-18(19)22-14-16-6-2-5-9-20(16)26-28(22,23)21/h2,5-6,9-13,18-19H,3-4,7-8,14H2,1H3/t18-,19-,28+/m1/s1. The first-order chi connectivity index (χ1) is 13.4. The van der Waals surface area contributed by atoms with Gasteiger partial charge in [-0.25, -0.2) is 8.42 Å². The molecule has 0 unspecified atom stereocenters. The quantitative estimate of drug-likeness (QED) is 0.531. The molecule has 3 aliphatic rings. The van der Waals surface area contributed by atoms with Crippen LogP contribution in [0.4, 0.5) is 0 Å². The number of rotatable bonds is 2. The van der Waals surface area contributed by atoms with Crippen molar-refractivity contribution in [1.29, 1.82) is 0 Å². The van der Waals surface area contributed by atoms with E-state index < -0.39 is 18.0 Å². The second kappa shape index (κ2) is 6.57. The maximum Gasteiger partial charge on any atom is 0.541 e. The Morgan fingerprint density at radius 3 is 2.46 bits per heavy atom. The fourth-order valence-corrected chi connectivity index (χ4v) is 12.8. The zero-order chi connectivity index (χ0) is 19.5. The average molecular weight is 435 g/mol. The molecule has 2 fully saturated rings. The normalized spacial score (nSPS) is 30.2. The van der Waals surface area contributed by atoms with Crippen LogP contribution in [0.3, 0.4) is 0 Å². The third-order valence-corrected chi connectivity index (χ3v) is 13.6. The minimum absolute atomic E-state index is 0.117. The van der Waals surface area contributed by atoms with Crippen LogP contribution in [0.15, 0.2) is 53.4 Å². The molecule has 1 saturated carbocycles. The van der Waals surface area contributed by atoms with E-state index in [1.54, 1.807) is 16.1 Å². The zero-order valence-corrected chi connectivity index (χ0v) is 18.3. The molecule has 0 spiro atoms. The summed E-state index contributed by atoms with van der Waals surface area (Å²) >= 11 is 7.20. The lowest BCUT2D eigenvalue weighted by molar-refractivity contribution is 0.217. The van der Waals surface area contributed by atoms with Crippen molar-refractivity contribution in [1.82, 2.24) is 8.54 Å². The Balaban J connectivity index is 1.65. The monoisotopic (exact) mass is 434 g/mol. The van der Waals surface area contributed by atoms with Crippen molar-refractivity contribution in [3.63, 3.8) is 0 Å². The van der Waals surface area contributed by atoms with Crippen molar-refractivity contribution >= 4 is 29.1 Å². The van der Waals surface area contributed by atoms with E-state index in [9.17, 15) is 8.42 Å². The van der Waals surface area contributed by atoms with Crippen molar-refractivity contribution < 1.29 is 12.8 Å². The summed E-state index contributed by atoms with van der Waals surface area (Å²) in [6.45, 7) is 2.59. The predicted octanol–water partition coefficient (Wildman–Crippen LogP) is 3.88. The van der Waals surface area contributed by atoms with Crippen LogP contribution < -0.4 is 4.43 Å². The van der Waals surface area contributed by atoms with Crippen LogP contribution in [0, 0.1) is 6.92 Å². The van der Waals surface area contributed by atoms with Crippen LogP contribution in [-0.4, -0.2) is 37.0 Å². The van der Waals surface area contributed by atoms with E-state index in [4.69, 9.17) is 15.5 Å². The van der Waals surface area contributed by atoms with Crippen LogP contribution in [0.25, 0.3) is 0 Å². The number of hydrogen-bond acceptors (Lipinski definition) is 4. The fraction of sp³-hybridized carbons (Fsp3) is 0.400. The minimum atomic E-state index is -3.76. The molecule has 148 valence electrons. The minimum Gasteiger partial charge on any atom is -0.506 e. The molecule has 0 amide bonds. The SMILES string of the molecule is Cc1ccc(S(=O)(=O)N2[C@@H]3CCCC[C@H]3N3Cc4ccccc4O[Si@@]32Cl)cc1. The molecule has 2 aliphatic heterocycles. The average Bonchev–Trinajstić information content (AvgIpc) is 2.94. The fourth-order valence-electron chi connectivity index (χ4n) is 4.79. The van der Waals surface area contributed by atoms with Gasteiger partial charge in [0, 0.05) is 24.2 Å².